The lowest BCUT2D eigenvalue weighted by Crippen LogP contribution is -2.52. The number of carboxylic acid groups (broad SMARTS) is 1. The molecular weight excluding hydrogens is 462 g/mol. The Balaban J connectivity index is 4.59. The molecule has 0 aliphatic heterocycles. The highest BCUT2D eigenvalue weighted by molar-refractivity contribution is 7.99. The zero-order valence-electron chi connectivity index (χ0n) is 22.5. The maximum absolute atomic E-state index is 12.7. The van der Waals surface area contributed by atoms with Crippen LogP contribution in [-0.4, -0.2) is 52.5 Å². The fraction of sp³-hybridized carbons (Fsp3) is 0.667. The van der Waals surface area contributed by atoms with E-state index in [1.807, 2.05) is 13.8 Å². The van der Waals surface area contributed by atoms with Crippen molar-refractivity contribution >= 4 is 29.5 Å². The SMILES string of the molecule is CC(C)=CCC/C(C)=C/CC/C(C)=C/CSC[C@H](NC(=O)C(CCCC(N)=O)NC(C)C)C(=O)O. The Morgan fingerprint density at radius 1 is 0.914 bits per heavy atom. The number of aliphatic carboxylic acids is 1. The Kier molecular flexibility index (Phi) is 18.0. The van der Waals surface area contributed by atoms with E-state index in [-0.39, 0.29) is 24.1 Å². The molecule has 2 amide bonds. The standard InChI is InChI=1S/C27H47N3O4S/c1-19(2)10-7-11-21(5)12-8-13-22(6)16-17-35-18-24(27(33)34)30-26(32)23(29-20(3)4)14-9-15-25(28)31/h10,12,16,20,23-24,29H,7-9,11,13-15,17-18H2,1-6H3,(H2,28,31)(H,30,32)(H,33,34)/b21-12+,22-16+/t23?,24-/m0/s1. The molecule has 0 rings (SSSR count). The molecule has 200 valence electrons. The monoisotopic (exact) mass is 509 g/mol. The second-order valence-corrected chi connectivity index (χ2v) is 10.7. The molecule has 7 nitrogen and oxygen atoms in total. The van der Waals surface area contributed by atoms with E-state index in [9.17, 15) is 19.5 Å². The minimum Gasteiger partial charge on any atom is -0.480 e. The Hall–Kier alpha value is -2.06. The van der Waals surface area contributed by atoms with Crippen LogP contribution >= 0.6 is 11.8 Å². The smallest absolute Gasteiger partial charge is 0.327 e. The maximum Gasteiger partial charge on any atom is 0.327 e. The van der Waals surface area contributed by atoms with Gasteiger partial charge in [0.15, 0.2) is 0 Å². The Morgan fingerprint density at radius 2 is 1.51 bits per heavy atom. The first-order valence-corrected chi connectivity index (χ1v) is 13.7. The van der Waals surface area contributed by atoms with E-state index in [0.717, 1.165) is 25.7 Å². The molecule has 2 atom stereocenters. The number of carbonyl (C=O) groups is 3. The predicted octanol–water partition coefficient (Wildman–Crippen LogP) is 4.73. The van der Waals surface area contributed by atoms with Gasteiger partial charge in [-0.3, -0.25) is 9.59 Å². The Morgan fingerprint density at radius 3 is 2.06 bits per heavy atom. The van der Waals surface area contributed by atoms with Crippen LogP contribution in [0.15, 0.2) is 34.9 Å². The molecule has 0 bridgehead atoms. The summed E-state index contributed by atoms with van der Waals surface area (Å²) in [5, 5.41) is 15.4. The van der Waals surface area contributed by atoms with Crippen molar-refractivity contribution in [2.75, 3.05) is 11.5 Å². The van der Waals surface area contributed by atoms with Crippen LogP contribution in [0.5, 0.6) is 0 Å². The zero-order valence-corrected chi connectivity index (χ0v) is 23.3. The molecule has 0 radical (unpaired) electrons. The number of nitrogens with two attached hydrogens (primary N) is 1. The largest absolute Gasteiger partial charge is 0.480 e. The lowest BCUT2D eigenvalue weighted by Gasteiger charge is -2.23. The molecule has 0 aliphatic rings. The summed E-state index contributed by atoms with van der Waals surface area (Å²) >= 11 is 1.49. The van der Waals surface area contributed by atoms with E-state index in [2.05, 4.69) is 56.6 Å². The molecule has 8 heteroatoms. The van der Waals surface area contributed by atoms with Gasteiger partial charge in [0.1, 0.15) is 6.04 Å². The molecule has 0 fully saturated rings. The van der Waals surface area contributed by atoms with E-state index >= 15 is 0 Å². The fourth-order valence-electron chi connectivity index (χ4n) is 3.35. The van der Waals surface area contributed by atoms with Crippen LogP contribution in [0.4, 0.5) is 0 Å². The van der Waals surface area contributed by atoms with Crippen molar-refractivity contribution in [2.45, 2.75) is 105 Å². The third kappa shape index (κ3) is 18.9. The average molecular weight is 510 g/mol. The van der Waals surface area contributed by atoms with Gasteiger partial charge < -0.3 is 21.5 Å². The van der Waals surface area contributed by atoms with E-state index < -0.39 is 24.0 Å². The third-order valence-corrected chi connectivity index (χ3v) is 6.31. The molecule has 35 heavy (non-hydrogen) atoms. The van der Waals surface area contributed by atoms with Gasteiger partial charge in [0.05, 0.1) is 6.04 Å². The van der Waals surface area contributed by atoms with Crippen molar-refractivity contribution in [1.29, 1.82) is 0 Å². The quantitative estimate of drug-likeness (QED) is 0.147. The fourth-order valence-corrected chi connectivity index (χ4v) is 4.35. The number of allylic oxidation sites excluding steroid dienone is 5. The van der Waals surface area contributed by atoms with E-state index in [4.69, 9.17) is 5.73 Å². The molecule has 0 aliphatic carbocycles. The molecule has 0 saturated heterocycles. The van der Waals surface area contributed by atoms with Crippen molar-refractivity contribution in [3.8, 4) is 0 Å². The first-order chi connectivity index (χ1) is 16.4. The van der Waals surface area contributed by atoms with Gasteiger partial charge in [-0.05, 0) is 66.2 Å². The Bertz CT molecular complexity index is 756. The van der Waals surface area contributed by atoms with Crippen LogP contribution in [0.25, 0.3) is 0 Å². The summed E-state index contributed by atoms with van der Waals surface area (Å²) in [6.07, 6.45) is 11.9. The highest BCUT2D eigenvalue weighted by Gasteiger charge is 2.25. The summed E-state index contributed by atoms with van der Waals surface area (Å²) in [5.74, 6) is -0.858. The van der Waals surface area contributed by atoms with E-state index in [0.29, 0.717) is 18.6 Å². The summed E-state index contributed by atoms with van der Waals surface area (Å²) in [4.78, 5) is 35.4. The molecule has 0 aromatic rings. The summed E-state index contributed by atoms with van der Waals surface area (Å²) < 4.78 is 0. The van der Waals surface area contributed by atoms with Crippen molar-refractivity contribution in [3.63, 3.8) is 0 Å². The zero-order chi connectivity index (χ0) is 26.8. The molecule has 0 aromatic carbocycles. The highest BCUT2D eigenvalue weighted by Crippen LogP contribution is 2.13. The summed E-state index contributed by atoms with van der Waals surface area (Å²) in [6.45, 7) is 12.3. The summed E-state index contributed by atoms with van der Waals surface area (Å²) in [6, 6.07) is -1.50. The number of primary amides is 1. The summed E-state index contributed by atoms with van der Waals surface area (Å²) in [7, 11) is 0. The van der Waals surface area contributed by atoms with Gasteiger partial charge in [0, 0.05) is 24.0 Å². The van der Waals surface area contributed by atoms with Crippen molar-refractivity contribution in [3.05, 3.63) is 34.9 Å². The first-order valence-electron chi connectivity index (χ1n) is 12.5. The molecular formula is C27H47N3O4S. The maximum atomic E-state index is 12.7. The van der Waals surface area contributed by atoms with Crippen LogP contribution in [0, 0.1) is 0 Å². The van der Waals surface area contributed by atoms with Crippen LogP contribution in [0.3, 0.4) is 0 Å². The van der Waals surface area contributed by atoms with Crippen LogP contribution in [0.1, 0.15) is 86.5 Å². The van der Waals surface area contributed by atoms with Crippen LogP contribution < -0.4 is 16.4 Å². The molecule has 0 heterocycles. The average Bonchev–Trinajstić information content (AvgIpc) is 2.74. The van der Waals surface area contributed by atoms with Gasteiger partial charge in [-0.25, -0.2) is 4.79 Å². The third-order valence-electron chi connectivity index (χ3n) is 5.34. The molecule has 0 spiro atoms. The number of amides is 2. The van der Waals surface area contributed by atoms with E-state index in [1.54, 1.807) is 0 Å². The van der Waals surface area contributed by atoms with E-state index in [1.165, 1.54) is 28.5 Å². The normalized spacial score (nSPS) is 13.9. The summed E-state index contributed by atoms with van der Waals surface area (Å²) in [5.41, 5.74) is 9.22. The van der Waals surface area contributed by atoms with Gasteiger partial charge in [-0.1, -0.05) is 48.8 Å². The number of carboxylic acids is 1. The molecule has 0 aromatic heterocycles. The van der Waals surface area contributed by atoms with Gasteiger partial charge >= 0.3 is 5.97 Å². The number of rotatable bonds is 19. The van der Waals surface area contributed by atoms with Crippen LogP contribution in [0.2, 0.25) is 0 Å². The van der Waals surface area contributed by atoms with Crippen molar-refractivity contribution in [1.82, 2.24) is 10.6 Å². The lowest BCUT2D eigenvalue weighted by atomic mass is 10.1. The topological polar surface area (TPSA) is 122 Å². The minimum absolute atomic E-state index is 0.0427. The van der Waals surface area contributed by atoms with Gasteiger partial charge in [-0.15, -0.1) is 0 Å². The van der Waals surface area contributed by atoms with Crippen LogP contribution in [-0.2, 0) is 14.4 Å². The van der Waals surface area contributed by atoms with Gasteiger partial charge in [0.25, 0.3) is 0 Å². The molecule has 0 saturated carbocycles. The van der Waals surface area contributed by atoms with Gasteiger partial charge in [0.2, 0.25) is 11.8 Å². The highest BCUT2D eigenvalue weighted by atomic mass is 32.2. The second-order valence-electron chi connectivity index (χ2n) is 9.63. The number of nitrogens with one attached hydrogen (secondary N) is 2. The first kappa shape index (κ1) is 32.9. The minimum atomic E-state index is -1.05. The van der Waals surface area contributed by atoms with Crippen molar-refractivity contribution in [2.24, 2.45) is 5.73 Å². The number of carbonyl (C=O) groups excluding carboxylic acids is 2. The molecule has 1 unspecified atom stereocenters. The number of thioether (sulfide) groups is 1. The lowest BCUT2D eigenvalue weighted by molar-refractivity contribution is -0.141. The predicted molar refractivity (Wildman–Crippen MR) is 147 cm³/mol. The number of hydrogen-bond acceptors (Lipinski definition) is 5. The molecule has 5 N–H and O–H groups in total. The Labute approximate surface area is 216 Å². The number of hydrogen-bond donors (Lipinski definition) is 4. The second kappa shape index (κ2) is 19.2. The van der Waals surface area contributed by atoms with Crippen molar-refractivity contribution < 1.29 is 19.5 Å². The van der Waals surface area contributed by atoms with Gasteiger partial charge in [-0.2, -0.15) is 11.8 Å².